The van der Waals surface area contributed by atoms with Crippen molar-refractivity contribution in [2.75, 3.05) is 6.54 Å². The van der Waals surface area contributed by atoms with Crippen molar-refractivity contribution in [1.82, 2.24) is 19.2 Å². The first kappa shape index (κ1) is 18.0. The maximum absolute atomic E-state index is 13.4. The maximum atomic E-state index is 13.4. The Morgan fingerprint density at radius 3 is 2.46 bits per heavy atom. The van der Waals surface area contributed by atoms with E-state index < -0.39 is 11.9 Å². The van der Waals surface area contributed by atoms with Gasteiger partial charge in [0.1, 0.15) is 11.4 Å². The molecule has 7 nitrogen and oxygen atoms in total. The van der Waals surface area contributed by atoms with E-state index in [0.717, 1.165) is 22.5 Å². The Balaban J connectivity index is 1.75. The molecule has 1 aliphatic rings. The van der Waals surface area contributed by atoms with Crippen LogP contribution < -0.4 is 0 Å². The molecule has 1 N–H and O–H groups in total. The summed E-state index contributed by atoms with van der Waals surface area (Å²) < 4.78 is 3.67. The molecule has 144 valence electrons. The number of carboxylic acid groups (broad SMARTS) is 1. The van der Waals surface area contributed by atoms with Gasteiger partial charge >= 0.3 is 5.97 Å². The number of hydrogen-bond acceptors (Lipinski definition) is 3. The van der Waals surface area contributed by atoms with Gasteiger partial charge in [0.25, 0.3) is 5.91 Å². The number of fused-ring (bicyclic) bond motifs is 1. The summed E-state index contributed by atoms with van der Waals surface area (Å²) in [6.07, 6.45) is 1.56. The molecule has 0 saturated heterocycles. The third-order valence-corrected chi connectivity index (χ3v) is 5.40. The Morgan fingerprint density at radius 1 is 1.11 bits per heavy atom. The van der Waals surface area contributed by atoms with Gasteiger partial charge in [0.15, 0.2) is 0 Å². The first-order valence-electron chi connectivity index (χ1n) is 9.15. The summed E-state index contributed by atoms with van der Waals surface area (Å²) >= 11 is 0. The fourth-order valence-corrected chi connectivity index (χ4v) is 3.99. The summed E-state index contributed by atoms with van der Waals surface area (Å²) in [7, 11) is 1.80. The lowest BCUT2D eigenvalue weighted by Gasteiger charge is -2.33. The zero-order valence-electron chi connectivity index (χ0n) is 16.1. The van der Waals surface area contributed by atoms with E-state index in [1.165, 1.54) is 0 Å². The van der Waals surface area contributed by atoms with Gasteiger partial charge in [-0.3, -0.25) is 14.3 Å². The van der Waals surface area contributed by atoms with E-state index in [0.29, 0.717) is 17.9 Å². The minimum absolute atomic E-state index is 0.142. The van der Waals surface area contributed by atoms with Crippen LogP contribution in [0.3, 0.4) is 0 Å². The summed E-state index contributed by atoms with van der Waals surface area (Å²) in [5.41, 5.74) is 4.12. The number of benzene rings is 1. The second-order valence-corrected chi connectivity index (χ2v) is 7.23. The fourth-order valence-electron chi connectivity index (χ4n) is 3.99. The van der Waals surface area contributed by atoms with E-state index in [1.54, 1.807) is 22.8 Å². The summed E-state index contributed by atoms with van der Waals surface area (Å²) in [5, 5.41) is 14.0. The highest BCUT2D eigenvalue weighted by Gasteiger charge is 2.34. The van der Waals surface area contributed by atoms with E-state index in [9.17, 15) is 14.7 Å². The molecule has 0 spiro atoms. The molecule has 1 aliphatic heterocycles. The second-order valence-electron chi connectivity index (χ2n) is 7.23. The summed E-state index contributed by atoms with van der Waals surface area (Å²) in [4.78, 5) is 26.8. The zero-order valence-corrected chi connectivity index (χ0v) is 16.1. The number of aryl methyl sites for hydroxylation is 3. The summed E-state index contributed by atoms with van der Waals surface area (Å²) in [6.45, 7) is 4.48. The zero-order chi connectivity index (χ0) is 20.0. The third kappa shape index (κ3) is 2.79. The summed E-state index contributed by atoms with van der Waals surface area (Å²) in [5.74, 6) is -1.18. The van der Waals surface area contributed by atoms with Crippen LogP contribution in [0, 0.1) is 13.8 Å². The monoisotopic (exact) mass is 378 g/mol. The molecule has 28 heavy (non-hydrogen) atoms. The number of hydrogen-bond donors (Lipinski definition) is 1. The Hall–Kier alpha value is -3.35. The number of rotatable bonds is 3. The number of aliphatic carboxylic acids is 1. The fraction of sp³-hybridized carbons (Fsp3) is 0.286. The molecular formula is C21H22N4O3. The van der Waals surface area contributed by atoms with Crippen molar-refractivity contribution < 1.29 is 14.7 Å². The molecule has 1 aromatic carbocycles. The van der Waals surface area contributed by atoms with Crippen LogP contribution >= 0.6 is 0 Å². The van der Waals surface area contributed by atoms with Crippen molar-refractivity contribution in [3.8, 4) is 5.82 Å². The number of carbonyl (C=O) groups is 2. The van der Waals surface area contributed by atoms with Crippen molar-refractivity contribution in [3.05, 3.63) is 70.7 Å². The molecule has 0 fully saturated rings. The van der Waals surface area contributed by atoms with Gasteiger partial charge in [-0.05, 0) is 37.1 Å². The molecule has 7 heteroatoms. The molecule has 2 aromatic heterocycles. The first-order valence-corrected chi connectivity index (χ1v) is 9.15. The highest BCUT2D eigenvalue weighted by Crippen LogP contribution is 2.30. The quantitative estimate of drug-likeness (QED) is 0.760. The van der Waals surface area contributed by atoms with E-state index in [-0.39, 0.29) is 12.5 Å². The first-order chi connectivity index (χ1) is 13.4. The topological polar surface area (TPSA) is 80.4 Å². The molecule has 0 saturated carbocycles. The third-order valence-electron chi connectivity index (χ3n) is 5.40. The van der Waals surface area contributed by atoms with E-state index in [4.69, 9.17) is 0 Å². The SMILES string of the molecule is Cc1ccc(C)n1-c1c(C(=O)N2Cc3ccccc3C(C(=O)O)C2)cnn1C. The molecule has 3 aromatic rings. The van der Waals surface area contributed by atoms with Crippen LogP contribution in [-0.2, 0) is 18.4 Å². The molecule has 1 unspecified atom stereocenters. The van der Waals surface area contributed by atoms with E-state index in [2.05, 4.69) is 5.10 Å². The van der Waals surface area contributed by atoms with Crippen molar-refractivity contribution in [2.45, 2.75) is 26.3 Å². The Morgan fingerprint density at radius 2 is 1.79 bits per heavy atom. The highest BCUT2D eigenvalue weighted by molar-refractivity contribution is 5.98. The van der Waals surface area contributed by atoms with Gasteiger partial charge in [-0.1, -0.05) is 24.3 Å². The van der Waals surface area contributed by atoms with Gasteiger partial charge in [0, 0.05) is 31.5 Å². The number of carbonyl (C=O) groups excluding carboxylic acids is 1. The predicted octanol–water partition coefficient (Wildman–Crippen LogP) is 2.65. The Bertz CT molecular complexity index is 1060. The standard InChI is InChI=1S/C21H22N4O3/c1-13-8-9-14(2)25(13)19-17(10-22-23(19)3)20(26)24-11-15-6-4-5-7-16(15)18(12-24)21(27)28/h4-10,18H,11-12H2,1-3H3,(H,27,28). The molecular weight excluding hydrogens is 356 g/mol. The van der Waals surface area contributed by atoms with Crippen LogP contribution in [0.15, 0.2) is 42.6 Å². The Kier molecular flexibility index (Phi) is 4.30. The maximum Gasteiger partial charge on any atom is 0.312 e. The lowest BCUT2D eigenvalue weighted by Crippen LogP contribution is -2.40. The van der Waals surface area contributed by atoms with E-state index in [1.807, 2.05) is 54.8 Å². The number of aromatic nitrogens is 3. The molecule has 1 atom stereocenters. The van der Waals surface area contributed by atoms with Crippen LogP contribution in [0.4, 0.5) is 0 Å². The van der Waals surface area contributed by atoms with Crippen molar-refractivity contribution in [3.63, 3.8) is 0 Å². The Labute approximate surface area is 162 Å². The van der Waals surface area contributed by atoms with Gasteiger partial charge < -0.3 is 14.6 Å². The minimum Gasteiger partial charge on any atom is -0.481 e. The number of carboxylic acids is 1. The van der Waals surface area contributed by atoms with Crippen LogP contribution in [0.25, 0.3) is 5.82 Å². The van der Waals surface area contributed by atoms with Crippen molar-refractivity contribution in [2.24, 2.45) is 7.05 Å². The van der Waals surface area contributed by atoms with Crippen molar-refractivity contribution >= 4 is 11.9 Å². The number of nitrogens with zero attached hydrogens (tertiary/aromatic N) is 4. The predicted molar refractivity (Wildman–Crippen MR) is 104 cm³/mol. The van der Waals surface area contributed by atoms with Gasteiger partial charge in [0.05, 0.1) is 12.1 Å². The van der Waals surface area contributed by atoms with E-state index >= 15 is 0 Å². The average molecular weight is 378 g/mol. The highest BCUT2D eigenvalue weighted by atomic mass is 16.4. The average Bonchev–Trinajstić information content (AvgIpc) is 3.21. The normalized spacial score (nSPS) is 16.1. The summed E-state index contributed by atoms with van der Waals surface area (Å²) in [6, 6.07) is 11.4. The lowest BCUT2D eigenvalue weighted by atomic mass is 9.89. The second kappa shape index (κ2) is 6.67. The van der Waals surface area contributed by atoms with Gasteiger partial charge in [-0.25, -0.2) is 0 Å². The molecule has 0 bridgehead atoms. The van der Waals surface area contributed by atoms with Gasteiger partial charge in [-0.15, -0.1) is 0 Å². The van der Waals surface area contributed by atoms with Gasteiger partial charge in [-0.2, -0.15) is 5.10 Å². The number of amides is 1. The smallest absolute Gasteiger partial charge is 0.312 e. The van der Waals surface area contributed by atoms with Crippen LogP contribution in [-0.4, -0.2) is 42.8 Å². The molecule has 0 aliphatic carbocycles. The molecule has 0 radical (unpaired) electrons. The largest absolute Gasteiger partial charge is 0.481 e. The lowest BCUT2D eigenvalue weighted by molar-refractivity contribution is -0.139. The molecule has 1 amide bonds. The minimum atomic E-state index is -0.923. The van der Waals surface area contributed by atoms with Gasteiger partial charge in [0.2, 0.25) is 0 Å². The van der Waals surface area contributed by atoms with Crippen molar-refractivity contribution in [1.29, 1.82) is 0 Å². The molecule has 4 rings (SSSR count). The van der Waals surface area contributed by atoms with Crippen LogP contribution in [0.1, 0.15) is 38.8 Å². The van der Waals surface area contributed by atoms with Crippen LogP contribution in [0.2, 0.25) is 0 Å². The van der Waals surface area contributed by atoms with Crippen LogP contribution in [0.5, 0.6) is 0 Å². The molecule has 3 heterocycles.